The number of rotatable bonds is 7. The van der Waals surface area contributed by atoms with Crippen molar-refractivity contribution < 1.29 is 0 Å². The summed E-state index contributed by atoms with van der Waals surface area (Å²) in [5.41, 5.74) is 18.0. The average molecular weight is 701 g/mol. The minimum absolute atomic E-state index is 0.522. The molecule has 5 aliphatic carbocycles. The van der Waals surface area contributed by atoms with E-state index in [2.05, 4.69) is 174 Å². The summed E-state index contributed by atoms with van der Waals surface area (Å²) in [5, 5.41) is 0. The quantitative estimate of drug-likeness (QED) is 0.177. The summed E-state index contributed by atoms with van der Waals surface area (Å²) in [6.45, 7) is 0. The Kier molecular flexibility index (Phi) is 8.76. The number of hydrogen-bond acceptors (Lipinski definition) is 2. The molecule has 0 amide bonds. The second kappa shape index (κ2) is 14.3. The minimum atomic E-state index is 0.522. The molecule has 54 heavy (non-hydrogen) atoms. The van der Waals surface area contributed by atoms with Gasteiger partial charge >= 0.3 is 0 Å². The van der Waals surface area contributed by atoms with Gasteiger partial charge in [-0.15, -0.1) is 0 Å². The third kappa shape index (κ3) is 6.08. The highest BCUT2D eigenvalue weighted by molar-refractivity contribution is 5.78. The Hall–Kier alpha value is -5.60. The Morgan fingerprint density at radius 1 is 0.556 bits per heavy atom. The van der Waals surface area contributed by atoms with E-state index >= 15 is 0 Å². The van der Waals surface area contributed by atoms with Crippen LogP contribution in [0.2, 0.25) is 0 Å². The van der Waals surface area contributed by atoms with Gasteiger partial charge in [-0.1, -0.05) is 127 Å². The van der Waals surface area contributed by atoms with E-state index < -0.39 is 0 Å². The first-order valence-electron chi connectivity index (χ1n) is 20.2. The summed E-state index contributed by atoms with van der Waals surface area (Å²) in [6, 6.07) is 39.3. The smallest absolute Gasteiger partial charge is 0.0458 e. The van der Waals surface area contributed by atoms with Crippen LogP contribution in [0.25, 0.3) is 22.3 Å². The van der Waals surface area contributed by atoms with Crippen LogP contribution in [0.3, 0.4) is 0 Å². The number of benzene rings is 4. The molecule has 4 aromatic rings. The molecule has 1 aliphatic heterocycles. The molecule has 3 unspecified atom stereocenters. The van der Waals surface area contributed by atoms with Crippen LogP contribution < -0.4 is 9.80 Å². The van der Waals surface area contributed by atoms with E-state index in [1.54, 1.807) is 16.8 Å². The van der Waals surface area contributed by atoms with Crippen molar-refractivity contribution in [3.8, 4) is 11.1 Å². The molecule has 0 saturated carbocycles. The second-order valence-electron chi connectivity index (χ2n) is 15.7. The van der Waals surface area contributed by atoms with Gasteiger partial charge in [-0.05, 0) is 139 Å². The first-order valence-corrected chi connectivity index (χ1v) is 20.2. The molecular formula is C52H48N2. The van der Waals surface area contributed by atoms with Crippen LogP contribution >= 0.6 is 0 Å². The standard InChI is InChI=1S/C52H48N2/c1-3-12-37(13-4-1)39-22-29-44(30-23-39)53(45-31-24-40(25-32-45)38-14-5-2-6-15-38)46-33-26-41(27-34-46)43-17-11-18-47(36-43)54-50-21-10-9-20-49(50)52-48-19-8-7-16-42(48)28-35-51(52)54/h1-5,7-9,11-14,16-18,20,22,24-27,29,31-34,36,48-50H,6,10,15,19,21,23,28,30,35H2. The predicted octanol–water partition coefficient (Wildman–Crippen LogP) is 13.7. The second-order valence-corrected chi connectivity index (χ2v) is 15.7. The van der Waals surface area contributed by atoms with Crippen molar-refractivity contribution in [2.75, 3.05) is 9.80 Å². The summed E-state index contributed by atoms with van der Waals surface area (Å²) in [6.07, 6.45) is 33.5. The normalized spacial score (nSPS) is 22.8. The number of fused-ring (bicyclic) bond motifs is 4. The largest absolute Gasteiger partial charge is 0.341 e. The number of anilines is 3. The number of nitrogens with zero attached hydrogens (tertiary/aromatic N) is 2. The lowest BCUT2D eigenvalue weighted by molar-refractivity contribution is 0.495. The maximum absolute atomic E-state index is 2.76. The van der Waals surface area contributed by atoms with Crippen molar-refractivity contribution in [2.45, 2.75) is 63.8 Å². The molecule has 0 radical (unpaired) electrons. The van der Waals surface area contributed by atoms with Crippen LogP contribution in [-0.2, 0) is 0 Å². The Labute approximate surface area is 321 Å². The summed E-state index contributed by atoms with van der Waals surface area (Å²) < 4.78 is 0. The van der Waals surface area contributed by atoms with Crippen molar-refractivity contribution >= 4 is 28.2 Å². The fourth-order valence-electron chi connectivity index (χ4n) is 10.0. The molecule has 0 bridgehead atoms. The van der Waals surface area contributed by atoms with E-state index in [0.29, 0.717) is 17.9 Å². The highest BCUT2D eigenvalue weighted by atomic mass is 15.2. The molecule has 0 aromatic heterocycles. The van der Waals surface area contributed by atoms with Gasteiger partial charge in [0.25, 0.3) is 0 Å². The van der Waals surface area contributed by atoms with Gasteiger partial charge in [-0.2, -0.15) is 0 Å². The van der Waals surface area contributed by atoms with Gasteiger partial charge in [-0.3, -0.25) is 0 Å². The molecular weight excluding hydrogens is 653 g/mol. The van der Waals surface area contributed by atoms with Crippen molar-refractivity contribution in [1.29, 1.82) is 0 Å². The first kappa shape index (κ1) is 33.0. The van der Waals surface area contributed by atoms with Gasteiger partial charge in [0.1, 0.15) is 0 Å². The van der Waals surface area contributed by atoms with E-state index in [1.807, 2.05) is 0 Å². The molecule has 266 valence electrons. The maximum Gasteiger partial charge on any atom is 0.0458 e. The van der Waals surface area contributed by atoms with E-state index in [-0.39, 0.29) is 0 Å². The molecule has 0 fully saturated rings. The Morgan fingerprint density at radius 3 is 2.09 bits per heavy atom. The zero-order valence-corrected chi connectivity index (χ0v) is 31.1. The summed E-state index contributed by atoms with van der Waals surface area (Å²) in [4.78, 5) is 5.23. The van der Waals surface area contributed by atoms with Crippen molar-refractivity contribution in [1.82, 2.24) is 0 Å². The summed E-state index contributed by atoms with van der Waals surface area (Å²) in [5.74, 6) is 1.11. The maximum atomic E-state index is 2.76. The minimum Gasteiger partial charge on any atom is -0.341 e. The van der Waals surface area contributed by atoms with Gasteiger partial charge in [0.15, 0.2) is 0 Å². The van der Waals surface area contributed by atoms with Gasteiger partial charge in [-0.25, -0.2) is 0 Å². The lowest BCUT2D eigenvalue weighted by Gasteiger charge is -2.34. The Balaban J connectivity index is 0.975. The molecule has 1 heterocycles. The molecule has 2 nitrogen and oxygen atoms in total. The Morgan fingerprint density at radius 2 is 1.31 bits per heavy atom. The van der Waals surface area contributed by atoms with Gasteiger partial charge in [0.2, 0.25) is 0 Å². The topological polar surface area (TPSA) is 6.48 Å². The van der Waals surface area contributed by atoms with Crippen LogP contribution in [0.15, 0.2) is 186 Å². The van der Waals surface area contributed by atoms with Gasteiger partial charge in [0, 0.05) is 46.3 Å². The van der Waals surface area contributed by atoms with Crippen LogP contribution in [0.4, 0.5) is 17.1 Å². The lowest BCUT2D eigenvalue weighted by Crippen LogP contribution is -2.34. The fraction of sp³-hybridized carbons (Fsp3) is 0.231. The zero-order chi connectivity index (χ0) is 35.8. The van der Waals surface area contributed by atoms with Crippen molar-refractivity contribution in [3.63, 3.8) is 0 Å². The van der Waals surface area contributed by atoms with Gasteiger partial charge < -0.3 is 9.80 Å². The number of hydrogen-bond donors (Lipinski definition) is 0. The molecule has 0 saturated heterocycles. The molecule has 3 atom stereocenters. The fourth-order valence-corrected chi connectivity index (χ4v) is 10.0. The molecule has 0 N–H and O–H groups in total. The summed E-state index contributed by atoms with van der Waals surface area (Å²) >= 11 is 0. The third-order valence-electron chi connectivity index (χ3n) is 12.6. The molecule has 4 aromatic carbocycles. The predicted molar refractivity (Wildman–Crippen MR) is 228 cm³/mol. The van der Waals surface area contributed by atoms with E-state index in [1.165, 1.54) is 75.4 Å². The van der Waals surface area contributed by atoms with Crippen molar-refractivity contribution in [2.24, 2.45) is 11.8 Å². The first-order chi connectivity index (χ1) is 26.8. The van der Waals surface area contributed by atoms with Crippen LogP contribution in [0.5, 0.6) is 0 Å². The highest BCUT2D eigenvalue weighted by Gasteiger charge is 2.45. The van der Waals surface area contributed by atoms with Crippen LogP contribution in [0.1, 0.15) is 68.9 Å². The molecule has 6 aliphatic rings. The zero-order valence-electron chi connectivity index (χ0n) is 31.1. The van der Waals surface area contributed by atoms with E-state index in [0.717, 1.165) is 38.5 Å². The number of allylic oxidation sites excluding steroid dienone is 14. The third-order valence-corrected chi connectivity index (χ3v) is 12.6. The van der Waals surface area contributed by atoms with E-state index in [9.17, 15) is 0 Å². The lowest BCUT2D eigenvalue weighted by atomic mass is 9.72. The van der Waals surface area contributed by atoms with E-state index in [4.69, 9.17) is 0 Å². The van der Waals surface area contributed by atoms with Crippen LogP contribution in [-0.4, -0.2) is 6.04 Å². The van der Waals surface area contributed by atoms with Crippen LogP contribution in [0, 0.1) is 11.8 Å². The molecule has 10 rings (SSSR count). The Bertz CT molecular complexity index is 2310. The molecule has 0 spiro atoms. The van der Waals surface area contributed by atoms with Gasteiger partial charge in [0.05, 0.1) is 0 Å². The SMILES string of the molecule is C1=CCCC(c2ccc(N(C3=CC=C(c4ccccc4)CC3)c3ccc(-c4cccc(N5C6=C(C7CC=CC=C7CC6)C6C=CCCC65)c4)cc3)cc2)=C1. The average Bonchev–Trinajstić information content (AvgIpc) is 3.60. The molecule has 2 heteroatoms. The van der Waals surface area contributed by atoms with Crippen molar-refractivity contribution in [3.05, 3.63) is 198 Å². The summed E-state index contributed by atoms with van der Waals surface area (Å²) in [7, 11) is 0. The highest BCUT2D eigenvalue weighted by Crippen LogP contribution is 2.53. The monoisotopic (exact) mass is 700 g/mol.